The molecular weight excluding hydrogens is 300 g/mol. The quantitative estimate of drug-likeness (QED) is 0.578. The number of para-hydroxylation sites is 1. The molecule has 4 aromatic rings. The van der Waals surface area contributed by atoms with Gasteiger partial charge in [0.25, 0.3) is 5.56 Å². The molecule has 0 atom stereocenters. The van der Waals surface area contributed by atoms with Gasteiger partial charge in [0.1, 0.15) is 16.7 Å². The Morgan fingerprint density at radius 2 is 1.88 bits per heavy atom. The number of fused-ring (bicyclic) bond motifs is 3. The van der Waals surface area contributed by atoms with Crippen molar-refractivity contribution in [1.82, 2.24) is 19.1 Å². The van der Waals surface area contributed by atoms with Gasteiger partial charge in [-0.3, -0.25) is 9.36 Å². The maximum absolute atomic E-state index is 13.3. The lowest BCUT2D eigenvalue weighted by molar-refractivity contribution is 0.643. The van der Waals surface area contributed by atoms with Crippen molar-refractivity contribution in [2.45, 2.75) is 26.3 Å². The van der Waals surface area contributed by atoms with Gasteiger partial charge in [-0.2, -0.15) is 0 Å². The highest BCUT2D eigenvalue weighted by molar-refractivity contribution is 6.01. The number of unbranched alkanes of at least 4 members (excludes halogenated alkanes) is 1. The Bertz CT molecular complexity index is 1060. The van der Waals surface area contributed by atoms with E-state index < -0.39 is 0 Å². The molecule has 0 radical (unpaired) electrons. The van der Waals surface area contributed by atoms with Gasteiger partial charge in [-0.05, 0) is 30.7 Å². The second-order valence-corrected chi connectivity index (χ2v) is 5.84. The van der Waals surface area contributed by atoms with Crippen LogP contribution in [-0.4, -0.2) is 19.1 Å². The molecule has 0 saturated heterocycles. The Hall–Kier alpha value is -2.95. The summed E-state index contributed by atoms with van der Waals surface area (Å²) in [6.45, 7) is 2.93. The highest BCUT2D eigenvalue weighted by atomic mass is 16.1. The van der Waals surface area contributed by atoms with E-state index in [4.69, 9.17) is 0 Å². The van der Waals surface area contributed by atoms with Crippen molar-refractivity contribution in [3.8, 4) is 5.69 Å². The van der Waals surface area contributed by atoms with Gasteiger partial charge in [0.15, 0.2) is 0 Å². The van der Waals surface area contributed by atoms with Gasteiger partial charge >= 0.3 is 0 Å². The molecule has 4 rings (SSSR count). The maximum Gasteiger partial charge on any atom is 0.282 e. The molecule has 1 aromatic carbocycles. The topological polar surface area (TPSA) is 52.7 Å². The zero-order valence-electron chi connectivity index (χ0n) is 13.5. The van der Waals surface area contributed by atoms with Crippen LogP contribution in [0.15, 0.2) is 59.8 Å². The molecule has 0 bridgehead atoms. The molecule has 0 unspecified atom stereocenters. The second-order valence-electron chi connectivity index (χ2n) is 5.84. The van der Waals surface area contributed by atoms with Crippen molar-refractivity contribution in [3.63, 3.8) is 0 Å². The smallest absolute Gasteiger partial charge is 0.282 e. The van der Waals surface area contributed by atoms with Crippen LogP contribution in [0.1, 0.15) is 19.8 Å². The Kier molecular flexibility index (Phi) is 3.61. The van der Waals surface area contributed by atoms with Crippen molar-refractivity contribution in [2.75, 3.05) is 0 Å². The lowest BCUT2D eigenvalue weighted by Gasteiger charge is -2.11. The van der Waals surface area contributed by atoms with Crippen LogP contribution in [-0.2, 0) is 6.54 Å². The van der Waals surface area contributed by atoms with Gasteiger partial charge in [0.2, 0.25) is 0 Å². The summed E-state index contributed by atoms with van der Waals surface area (Å²) in [4.78, 5) is 22.2. The van der Waals surface area contributed by atoms with Gasteiger partial charge in [-0.1, -0.05) is 31.5 Å². The Balaban J connectivity index is 2.13. The van der Waals surface area contributed by atoms with E-state index in [1.54, 1.807) is 17.1 Å². The first-order valence-electron chi connectivity index (χ1n) is 8.21. The zero-order valence-corrected chi connectivity index (χ0v) is 13.5. The number of pyridine rings is 2. The van der Waals surface area contributed by atoms with E-state index in [1.165, 1.54) is 0 Å². The molecule has 0 aliphatic rings. The molecule has 0 spiro atoms. The highest BCUT2D eigenvalue weighted by Gasteiger charge is 2.17. The lowest BCUT2D eigenvalue weighted by Crippen LogP contribution is -2.22. The SMILES string of the molecule is CCCCn1cnc2c3cccnc3n(-c3ccccc3)c(=O)c21. The van der Waals surface area contributed by atoms with Gasteiger partial charge in [-0.15, -0.1) is 0 Å². The highest BCUT2D eigenvalue weighted by Crippen LogP contribution is 2.22. The average molecular weight is 318 g/mol. The van der Waals surface area contributed by atoms with E-state index >= 15 is 0 Å². The summed E-state index contributed by atoms with van der Waals surface area (Å²) in [7, 11) is 0. The van der Waals surface area contributed by atoms with Gasteiger partial charge in [0.05, 0.1) is 12.0 Å². The second kappa shape index (κ2) is 5.92. The average Bonchev–Trinajstić information content (AvgIpc) is 3.06. The Morgan fingerprint density at radius 1 is 1.04 bits per heavy atom. The van der Waals surface area contributed by atoms with Crippen LogP contribution in [0, 0.1) is 0 Å². The fraction of sp³-hybridized carbons (Fsp3) is 0.211. The lowest BCUT2D eigenvalue weighted by atomic mass is 10.2. The van der Waals surface area contributed by atoms with Crippen LogP contribution < -0.4 is 5.56 Å². The number of benzene rings is 1. The normalized spacial score (nSPS) is 11.4. The first kappa shape index (κ1) is 14.6. The number of hydrogen-bond acceptors (Lipinski definition) is 3. The van der Waals surface area contributed by atoms with E-state index in [1.807, 2.05) is 47.0 Å². The summed E-state index contributed by atoms with van der Waals surface area (Å²) in [6, 6.07) is 13.5. The molecule has 0 amide bonds. The maximum atomic E-state index is 13.3. The van der Waals surface area contributed by atoms with E-state index in [0.717, 1.165) is 36.0 Å². The third-order valence-electron chi connectivity index (χ3n) is 4.26. The molecule has 0 aliphatic heterocycles. The number of aromatic nitrogens is 4. The molecule has 3 aromatic heterocycles. The Labute approximate surface area is 139 Å². The number of aryl methyl sites for hydroxylation is 1. The standard InChI is InChI=1S/C19H18N4O/c1-2-3-12-22-13-21-16-15-10-7-11-20-18(15)23(19(24)17(16)22)14-8-5-4-6-9-14/h4-11,13H,2-3,12H2,1H3. The third-order valence-corrected chi connectivity index (χ3v) is 4.26. The summed E-state index contributed by atoms with van der Waals surface area (Å²) in [5, 5.41) is 0.895. The van der Waals surface area contributed by atoms with Crippen LogP contribution in [0.25, 0.3) is 27.8 Å². The molecule has 24 heavy (non-hydrogen) atoms. The van der Waals surface area contributed by atoms with Crippen LogP contribution >= 0.6 is 0 Å². The summed E-state index contributed by atoms with van der Waals surface area (Å²) in [6.07, 6.45) is 5.56. The molecule has 0 fully saturated rings. The number of hydrogen-bond donors (Lipinski definition) is 0. The van der Waals surface area contributed by atoms with Crippen molar-refractivity contribution < 1.29 is 0 Å². The third kappa shape index (κ3) is 2.21. The summed E-state index contributed by atoms with van der Waals surface area (Å²) >= 11 is 0. The molecule has 0 N–H and O–H groups in total. The molecular formula is C19H18N4O. The molecule has 0 saturated carbocycles. The predicted molar refractivity (Wildman–Crippen MR) is 95.5 cm³/mol. The zero-order chi connectivity index (χ0) is 16.5. The fourth-order valence-electron chi connectivity index (χ4n) is 3.08. The largest absolute Gasteiger partial charge is 0.326 e. The molecule has 3 heterocycles. The van der Waals surface area contributed by atoms with Crippen molar-refractivity contribution in [2.24, 2.45) is 0 Å². The van der Waals surface area contributed by atoms with Gasteiger partial charge < -0.3 is 4.57 Å². The van der Waals surface area contributed by atoms with Crippen molar-refractivity contribution in [1.29, 1.82) is 0 Å². The van der Waals surface area contributed by atoms with E-state index in [0.29, 0.717) is 11.2 Å². The van der Waals surface area contributed by atoms with E-state index in [9.17, 15) is 4.79 Å². The first-order chi connectivity index (χ1) is 11.8. The molecule has 0 aliphatic carbocycles. The van der Waals surface area contributed by atoms with Crippen LogP contribution in [0.3, 0.4) is 0 Å². The number of nitrogens with zero attached hydrogens (tertiary/aromatic N) is 4. The first-order valence-corrected chi connectivity index (χ1v) is 8.21. The number of rotatable bonds is 4. The van der Waals surface area contributed by atoms with Crippen LogP contribution in [0.2, 0.25) is 0 Å². The monoisotopic (exact) mass is 318 g/mol. The minimum absolute atomic E-state index is 0.0731. The number of imidazole rings is 1. The summed E-state index contributed by atoms with van der Waals surface area (Å²) < 4.78 is 3.65. The molecule has 120 valence electrons. The van der Waals surface area contributed by atoms with Crippen molar-refractivity contribution in [3.05, 3.63) is 65.3 Å². The van der Waals surface area contributed by atoms with Crippen molar-refractivity contribution >= 4 is 22.1 Å². The van der Waals surface area contributed by atoms with Gasteiger partial charge in [0, 0.05) is 18.1 Å². The van der Waals surface area contributed by atoms with E-state index in [-0.39, 0.29) is 5.56 Å². The minimum atomic E-state index is -0.0731. The van der Waals surface area contributed by atoms with Crippen LogP contribution in [0.4, 0.5) is 0 Å². The molecule has 5 heteroatoms. The predicted octanol–water partition coefficient (Wildman–Crippen LogP) is 3.54. The minimum Gasteiger partial charge on any atom is -0.326 e. The Morgan fingerprint density at radius 3 is 2.67 bits per heavy atom. The summed E-state index contributed by atoms with van der Waals surface area (Å²) in [5.74, 6) is 0. The summed E-state index contributed by atoms with van der Waals surface area (Å²) in [5.41, 5.74) is 2.76. The van der Waals surface area contributed by atoms with Gasteiger partial charge in [-0.25, -0.2) is 9.97 Å². The fourth-order valence-corrected chi connectivity index (χ4v) is 3.08. The molecule has 5 nitrogen and oxygen atoms in total. The van der Waals surface area contributed by atoms with Crippen LogP contribution in [0.5, 0.6) is 0 Å². The van der Waals surface area contributed by atoms with E-state index in [2.05, 4.69) is 16.9 Å².